The number of carbonyl (C=O) groups is 1. The first kappa shape index (κ1) is 20.6. The van der Waals surface area contributed by atoms with Crippen molar-refractivity contribution >= 4 is 33.1 Å². The molecule has 2 aromatic heterocycles. The van der Waals surface area contributed by atoms with Gasteiger partial charge < -0.3 is 14.8 Å². The molecule has 158 valence electrons. The van der Waals surface area contributed by atoms with Crippen LogP contribution >= 0.6 is 11.3 Å². The van der Waals surface area contributed by atoms with Crippen molar-refractivity contribution in [2.75, 3.05) is 19.5 Å². The minimum atomic E-state index is -0.373. The van der Waals surface area contributed by atoms with Crippen molar-refractivity contribution in [2.24, 2.45) is 0 Å². The lowest BCUT2D eigenvalue weighted by Gasteiger charge is -2.12. The number of aryl methyl sites for hydroxylation is 1. The number of anilines is 1. The van der Waals surface area contributed by atoms with Gasteiger partial charge in [0.25, 0.3) is 5.56 Å². The normalized spacial score (nSPS) is 10.8. The number of nitrogens with zero attached hydrogens (tertiary/aromatic N) is 2. The summed E-state index contributed by atoms with van der Waals surface area (Å²) >= 11 is 1.41. The molecular weight excluding hydrogens is 414 g/mol. The number of carbonyl (C=O) groups excluding carboxylic acids is 1. The lowest BCUT2D eigenvalue weighted by atomic mass is 10.1. The van der Waals surface area contributed by atoms with Gasteiger partial charge in [-0.3, -0.25) is 14.2 Å². The molecule has 0 aliphatic heterocycles. The highest BCUT2D eigenvalue weighted by atomic mass is 32.1. The molecule has 2 heterocycles. The predicted molar refractivity (Wildman–Crippen MR) is 122 cm³/mol. The summed E-state index contributed by atoms with van der Waals surface area (Å²) in [5, 5.41) is 5.22. The third-order valence-corrected chi connectivity index (χ3v) is 5.80. The summed E-state index contributed by atoms with van der Waals surface area (Å²) in [6.07, 6.45) is 1.41. The minimum Gasteiger partial charge on any atom is -0.497 e. The molecule has 0 radical (unpaired) electrons. The average Bonchev–Trinajstić information content (AvgIpc) is 3.21. The largest absolute Gasteiger partial charge is 0.497 e. The van der Waals surface area contributed by atoms with Gasteiger partial charge in [0, 0.05) is 17.0 Å². The molecule has 0 atom stereocenters. The molecule has 0 saturated carbocycles. The molecule has 0 aliphatic carbocycles. The fourth-order valence-electron chi connectivity index (χ4n) is 3.28. The van der Waals surface area contributed by atoms with E-state index >= 15 is 0 Å². The van der Waals surface area contributed by atoms with Crippen LogP contribution in [0.4, 0.5) is 5.69 Å². The first-order chi connectivity index (χ1) is 15.0. The average molecular weight is 436 g/mol. The Morgan fingerprint density at radius 2 is 1.90 bits per heavy atom. The van der Waals surface area contributed by atoms with Gasteiger partial charge in [-0.15, -0.1) is 11.3 Å². The summed E-state index contributed by atoms with van der Waals surface area (Å²) in [6, 6.07) is 13.1. The molecule has 4 rings (SSSR count). The Hall–Kier alpha value is -3.65. The Labute approximate surface area is 182 Å². The lowest BCUT2D eigenvalue weighted by Crippen LogP contribution is -2.28. The molecule has 1 amide bonds. The summed E-state index contributed by atoms with van der Waals surface area (Å²) < 4.78 is 11.8. The van der Waals surface area contributed by atoms with E-state index in [-0.39, 0.29) is 18.0 Å². The number of ether oxygens (including phenoxy) is 2. The molecule has 0 unspecified atom stereocenters. The fraction of sp³-hybridized carbons (Fsp3) is 0.174. The highest BCUT2D eigenvalue weighted by Gasteiger charge is 2.16. The number of fused-ring (bicyclic) bond motifs is 1. The second kappa shape index (κ2) is 8.61. The molecule has 1 N–H and O–H groups in total. The topological polar surface area (TPSA) is 82.4 Å². The van der Waals surface area contributed by atoms with Crippen molar-refractivity contribution in [3.05, 3.63) is 70.1 Å². The van der Waals surface area contributed by atoms with Crippen LogP contribution in [0, 0.1) is 6.92 Å². The number of methoxy groups -OCH3 is 2. The van der Waals surface area contributed by atoms with Gasteiger partial charge >= 0.3 is 0 Å². The van der Waals surface area contributed by atoms with E-state index in [0.29, 0.717) is 27.4 Å². The third kappa shape index (κ3) is 4.15. The molecule has 0 aliphatic rings. The third-order valence-electron chi connectivity index (χ3n) is 4.92. The highest BCUT2D eigenvalue weighted by molar-refractivity contribution is 7.17. The molecule has 0 bridgehead atoms. The number of nitrogens with one attached hydrogen (secondary N) is 1. The summed E-state index contributed by atoms with van der Waals surface area (Å²) in [4.78, 5) is 30.9. The second-order valence-corrected chi connectivity index (χ2v) is 7.85. The summed E-state index contributed by atoms with van der Waals surface area (Å²) in [7, 11) is 3.06. The van der Waals surface area contributed by atoms with Crippen molar-refractivity contribution in [3.63, 3.8) is 0 Å². The monoisotopic (exact) mass is 435 g/mol. The standard InChI is InChI=1S/C23H21N3O4S/c1-14-4-6-15(7-5-14)17-12-31-22-21(17)23(28)26(13-24-22)11-20(27)25-18-10-16(29-2)8-9-19(18)30-3/h4-10,12-13H,11H2,1-3H3,(H,25,27). The van der Waals surface area contributed by atoms with Crippen LogP contribution in [0.5, 0.6) is 11.5 Å². The number of amides is 1. The summed E-state index contributed by atoms with van der Waals surface area (Å²) in [5.74, 6) is 0.703. The van der Waals surface area contributed by atoms with Crippen LogP contribution in [0.25, 0.3) is 21.3 Å². The number of hydrogen-bond acceptors (Lipinski definition) is 6. The highest BCUT2D eigenvalue weighted by Crippen LogP contribution is 2.31. The van der Waals surface area contributed by atoms with E-state index in [9.17, 15) is 9.59 Å². The smallest absolute Gasteiger partial charge is 0.263 e. The molecule has 7 nitrogen and oxygen atoms in total. The molecule has 0 spiro atoms. The molecule has 4 aromatic rings. The van der Waals surface area contributed by atoms with E-state index in [1.807, 2.05) is 36.6 Å². The van der Waals surface area contributed by atoms with E-state index < -0.39 is 0 Å². The first-order valence-corrected chi connectivity index (χ1v) is 10.4. The number of rotatable bonds is 6. The molecule has 8 heteroatoms. The van der Waals surface area contributed by atoms with Gasteiger partial charge in [-0.25, -0.2) is 4.98 Å². The molecule has 2 aromatic carbocycles. The van der Waals surface area contributed by atoms with Crippen LogP contribution in [-0.2, 0) is 11.3 Å². The van der Waals surface area contributed by atoms with Crippen LogP contribution in [0.2, 0.25) is 0 Å². The Morgan fingerprint density at radius 1 is 1.13 bits per heavy atom. The fourth-order valence-corrected chi connectivity index (χ4v) is 4.19. The van der Waals surface area contributed by atoms with Crippen molar-refractivity contribution in [1.82, 2.24) is 9.55 Å². The van der Waals surface area contributed by atoms with E-state index in [1.54, 1.807) is 25.3 Å². The van der Waals surface area contributed by atoms with E-state index in [2.05, 4.69) is 10.3 Å². The number of benzene rings is 2. The lowest BCUT2D eigenvalue weighted by molar-refractivity contribution is -0.116. The number of thiophene rings is 1. The van der Waals surface area contributed by atoms with Crippen LogP contribution in [0.3, 0.4) is 0 Å². The van der Waals surface area contributed by atoms with Crippen LogP contribution in [0.15, 0.2) is 59.0 Å². The van der Waals surface area contributed by atoms with Gasteiger partial charge in [0.1, 0.15) is 22.9 Å². The zero-order chi connectivity index (χ0) is 22.0. The molecular formula is C23H21N3O4S. The van der Waals surface area contributed by atoms with Gasteiger partial charge in [-0.1, -0.05) is 29.8 Å². The van der Waals surface area contributed by atoms with Crippen molar-refractivity contribution in [3.8, 4) is 22.6 Å². The number of hydrogen-bond donors (Lipinski definition) is 1. The number of aromatic nitrogens is 2. The SMILES string of the molecule is COc1ccc(OC)c(NC(=O)Cn2cnc3scc(-c4ccc(C)cc4)c3c2=O)c1. The zero-order valence-electron chi connectivity index (χ0n) is 17.3. The Morgan fingerprint density at radius 3 is 2.61 bits per heavy atom. The Kier molecular flexibility index (Phi) is 5.73. The zero-order valence-corrected chi connectivity index (χ0v) is 18.2. The first-order valence-electron chi connectivity index (χ1n) is 9.55. The van der Waals surface area contributed by atoms with Gasteiger partial charge in [-0.2, -0.15) is 0 Å². The predicted octanol–water partition coefficient (Wildman–Crippen LogP) is 4.09. The van der Waals surface area contributed by atoms with Crippen LogP contribution < -0.4 is 20.3 Å². The van der Waals surface area contributed by atoms with Gasteiger partial charge in [0.05, 0.1) is 31.6 Å². The van der Waals surface area contributed by atoms with Crippen molar-refractivity contribution < 1.29 is 14.3 Å². The van der Waals surface area contributed by atoms with Crippen molar-refractivity contribution in [2.45, 2.75) is 13.5 Å². The molecule has 0 fully saturated rings. The Balaban J connectivity index is 1.64. The van der Waals surface area contributed by atoms with Crippen molar-refractivity contribution in [1.29, 1.82) is 0 Å². The quantitative estimate of drug-likeness (QED) is 0.493. The maximum Gasteiger partial charge on any atom is 0.263 e. The van der Waals surface area contributed by atoms with Gasteiger partial charge in [-0.05, 0) is 24.6 Å². The van der Waals surface area contributed by atoms with E-state index in [0.717, 1.165) is 16.7 Å². The summed E-state index contributed by atoms with van der Waals surface area (Å²) in [5.41, 5.74) is 3.11. The van der Waals surface area contributed by atoms with E-state index in [1.165, 1.54) is 29.3 Å². The summed E-state index contributed by atoms with van der Waals surface area (Å²) in [6.45, 7) is 1.84. The molecule has 31 heavy (non-hydrogen) atoms. The maximum atomic E-state index is 13.2. The second-order valence-electron chi connectivity index (χ2n) is 6.99. The molecule has 0 saturated heterocycles. The minimum absolute atomic E-state index is 0.175. The van der Waals surface area contributed by atoms with Crippen LogP contribution in [0.1, 0.15) is 5.56 Å². The van der Waals surface area contributed by atoms with Crippen LogP contribution in [-0.4, -0.2) is 29.7 Å². The van der Waals surface area contributed by atoms with E-state index in [4.69, 9.17) is 9.47 Å². The van der Waals surface area contributed by atoms with Gasteiger partial charge in [0.15, 0.2) is 0 Å². The van der Waals surface area contributed by atoms with Gasteiger partial charge in [0.2, 0.25) is 5.91 Å². The Bertz CT molecular complexity index is 1310. The maximum absolute atomic E-state index is 13.2.